The zero-order chi connectivity index (χ0) is 34.8. The van der Waals surface area contributed by atoms with Crippen molar-refractivity contribution in [3.8, 4) is 23.0 Å². The number of aromatic hydroxyl groups is 4. The monoisotopic (exact) mass is 709 g/mol. The molecule has 0 spiro atoms. The smallest absolute Gasteiger partial charge is 0.294 e. The van der Waals surface area contributed by atoms with Crippen LogP contribution in [-0.4, -0.2) is 64.3 Å². The first kappa shape index (κ1) is 33.6. The molecule has 0 aliphatic heterocycles. The number of rotatable bonds is 4. The van der Waals surface area contributed by atoms with Crippen LogP contribution in [0, 0.1) is 10.1 Å². The van der Waals surface area contributed by atoms with Gasteiger partial charge in [-0.15, -0.1) is 0 Å². The van der Waals surface area contributed by atoms with Crippen LogP contribution in [0.15, 0.2) is 63.2 Å². The Morgan fingerprint density at radius 3 is 0.809 bits per heavy atom. The van der Waals surface area contributed by atoms with Crippen LogP contribution in [-0.2, 0) is 56.0 Å². The van der Waals surface area contributed by atoms with Crippen LogP contribution >= 0.6 is 0 Å². The molecular weight excluding hydrogens is 687 g/mol. The molecule has 0 aromatic heterocycles. The van der Waals surface area contributed by atoms with Gasteiger partial charge in [-0.2, -0.15) is 25.3 Å². The van der Waals surface area contributed by atoms with Crippen LogP contribution in [0.4, 0.5) is 5.69 Å². The van der Waals surface area contributed by atoms with Crippen molar-refractivity contribution in [2.45, 2.75) is 40.4 Å². The van der Waals surface area contributed by atoms with Gasteiger partial charge in [-0.3, -0.25) is 23.8 Å². The van der Waals surface area contributed by atoms with Crippen molar-refractivity contribution in [1.82, 2.24) is 0 Å². The van der Waals surface area contributed by atoms with E-state index in [-0.39, 0.29) is 44.5 Å². The summed E-state index contributed by atoms with van der Waals surface area (Å²) >= 11 is 0. The SMILES string of the molecule is O=[N+]([O-])c1cc2c(O)c(c1)Cc1cc(S(=O)(=O)O)cc(c1O)Cc1cc(S(=O)(=O)O)cc(c1O)Cc1cc(S(=O)(=O)O)cc(c1O)C2. The quantitative estimate of drug-likeness (QED) is 0.0802. The van der Waals surface area contributed by atoms with Crippen molar-refractivity contribution >= 4 is 36.0 Å². The molecule has 1 aliphatic carbocycles. The lowest BCUT2D eigenvalue weighted by atomic mass is 9.91. The van der Waals surface area contributed by atoms with Gasteiger partial charge < -0.3 is 20.4 Å². The first-order chi connectivity index (χ1) is 21.6. The summed E-state index contributed by atoms with van der Waals surface area (Å²) in [5, 5.41) is 56.6. The maximum atomic E-state index is 12.2. The Kier molecular flexibility index (Phi) is 8.19. The van der Waals surface area contributed by atoms with Crippen molar-refractivity contribution < 1.29 is 64.3 Å². The number of benzene rings is 4. The average Bonchev–Trinajstić information content (AvgIpc) is 2.94. The average molecular weight is 710 g/mol. The van der Waals surface area contributed by atoms with Crippen LogP contribution in [0.25, 0.3) is 0 Å². The highest BCUT2D eigenvalue weighted by molar-refractivity contribution is 7.86. The molecule has 0 atom stereocenters. The number of fused-ring (bicyclic) bond motifs is 8. The summed E-state index contributed by atoms with van der Waals surface area (Å²) in [6.07, 6.45) is -2.52. The maximum Gasteiger partial charge on any atom is 0.294 e. The predicted octanol–water partition coefficient (Wildman–Crippen LogP) is 2.83. The van der Waals surface area contributed by atoms with Gasteiger partial charge in [-0.25, -0.2) is 0 Å². The highest BCUT2D eigenvalue weighted by atomic mass is 32.2. The molecule has 19 heteroatoms. The van der Waals surface area contributed by atoms with E-state index < -0.39 is 104 Å². The molecule has 0 heterocycles. The van der Waals surface area contributed by atoms with E-state index in [1.807, 2.05) is 0 Å². The summed E-state index contributed by atoms with van der Waals surface area (Å²) in [7, 11) is -14.9. The van der Waals surface area contributed by atoms with E-state index >= 15 is 0 Å². The zero-order valence-corrected chi connectivity index (χ0v) is 26.0. The fraction of sp³-hybridized carbons (Fsp3) is 0.143. The number of nitro groups is 1. The zero-order valence-electron chi connectivity index (χ0n) is 23.5. The number of nitrogens with zero attached hydrogens (tertiary/aromatic N) is 1. The standard InChI is InChI=1S/C28H23NO15S3/c30-25-13-1-15-7-22(45(36,37)38)9-17(26(15)31)3-19-11-24(47(42,43)44)12-20(28(19)33)4-18-10-23(46(39,40)41)8-16(27(18)32)2-14(25)6-21(5-13)29(34)35/h5-12,30-33H,1-4H2,(H,36,37,38)(H,39,40,41)(H,42,43,44). The van der Waals surface area contributed by atoms with E-state index in [1.165, 1.54) is 0 Å². The number of non-ortho nitro benzene ring substituents is 1. The lowest BCUT2D eigenvalue weighted by molar-refractivity contribution is -0.385. The molecule has 0 saturated carbocycles. The third-order valence-corrected chi connectivity index (χ3v) is 10.1. The predicted molar refractivity (Wildman–Crippen MR) is 160 cm³/mol. The number of hydrogen-bond donors (Lipinski definition) is 7. The number of phenols is 4. The van der Waals surface area contributed by atoms with Crippen LogP contribution in [0.2, 0.25) is 0 Å². The molecule has 1 aliphatic rings. The second-order valence-corrected chi connectivity index (χ2v) is 15.0. The molecule has 0 amide bonds. The van der Waals surface area contributed by atoms with Gasteiger partial charge in [-0.05, 0) is 36.4 Å². The minimum absolute atomic E-state index is 0.251. The molecule has 4 aromatic rings. The van der Waals surface area contributed by atoms with E-state index in [9.17, 15) is 69.5 Å². The normalized spacial score (nSPS) is 13.7. The van der Waals surface area contributed by atoms with Crippen molar-refractivity contribution in [2.75, 3.05) is 0 Å². The number of hydrogen-bond acceptors (Lipinski definition) is 12. The summed E-state index contributed by atoms with van der Waals surface area (Å²) < 4.78 is 103. The Hall–Kier alpha value is -4.79. The lowest BCUT2D eigenvalue weighted by Crippen LogP contribution is -2.07. The van der Waals surface area contributed by atoms with Gasteiger partial charge in [-0.1, -0.05) is 0 Å². The van der Waals surface area contributed by atoms with Gasteiger partial charge in [0.15, 0.2) is 0 Å². The van der Waals surface area contributed by atoms with Crippen LogP contribution in [0.3, 0.4) is 0 Å². The fourth-order valence-corrected chi connectivity index (χ4v) is 7.12. The Labute approximate surface area is 266 Å². The second-order valence-electron chi connectivity index (χ2n) is 10.8. The van der Waals surface area contributed by atoms with E-state index in [0.29, 0.717) is 0 Å². The largest absolute Gasteiger partial charge is 0.507 e. The van der Waals surface area contributed by atoms with Gasteiger partial charge in [0, 0.05) is 82.3 Å². The first-order valence-electron chi connectivity index (χ1n) is 13.1. The Morgan fingerprint density at radius 1 is 0.447 bits per heavy atom. The molecular formula is C28H23NO15S3. The third kappa shape index (κ3) is 6.70. The summed E-state index contributed by atoms with van der Waals surface area (Å²) in [4.78, 5) is 8.66. The molecule has 7 N–H and O–H groups in total. The summed E-state index contributed by atoms with van der Waals surface area (Å²) in [5.74, 6) is -2.62. The molecule has 16 nitrogen and oxygen atoms in total. The molecule has 0 radical (unpaired) electrons. The molecule has 4 aromatic carbocycles. The van der Waals surface area contributed by atoms with Crippen LogP contribution in [0.1, 0.15) is 44.5 Å². The number of nitro benzene ring substituents is 1. The molecule has 47 heavy (non-hydrogen) atoms. The first-order valence-corrected chi connectivity index (χ1v) is 17.4. The Bertz CT molecular complexity index is 2220. The van der Waals surface area contributed by atoms with Gasteiger partial charge in [0.05, 0.1) is 19.6 Å². The number of phenolic OH excluding ortho intramolecular Hbond substituents is 4. The minimum atomic E-state index is -4.99. The van der Waals surface area contributed by atoms with E-state index in [1.54, 1.807) is 0 Å². The summed E-state index contributed by atoms with van der Waals surface area (Å²) in [5.41, 5.74) is -2.99. The third-order valence-electron chi connectivity index (χ3n) is 7.60. The Balaban J connectivity index is 1.92. The van der Waals surface area contributed by atoms with Gasteiger partial charge >= 0.3 is 0 Å². The molecule has 0 fully saturated rings. The molecule has 0 unspecified atom stereocenters. The maximum absolute atomic E-state index is 12.2. The van der Waals surface area contributed by atoms with E-state index in [4.69, 9.17) is 0 Å². The summed E-state index contributed by atoms with van der Waals surface area (Å²) in [6, 6.07) is 6.69. The molecule has 248 valence electrons. The lowest BCUT2D eigenvalue weighted by Gasteiger charge is -2.18. The van der Waals surface area contributed by atoms with Crippen molar-refractivity contribution in [3.63, 3.8) is 0 Å². The van der Waals surface area contributed by atoms with Crippen molar-refractivity contribution in [2.24, 2.45) is 0 Å². The van der Waals surface area contributed by atoms with Gasteiger partial charge in [0.25, 0.3) is 36.0 Å². The van der Waals surface area contributed by atoms with Gasteiger partial charge in [0.1, 0.15) is 23.0 Å². The molecule has 0 saturated heterocycles. The fourth-order valence-electron chi connectivity index (χ4n) is 5.38. The molecule has 5 rings (SSSR count). The highest BCUT2D eigenvalue weighted by Gasteiger charge is 2.26. The van der Waals surface area contributed by atoms with Gasteiger partial charge in [0.2, 0.25) is 0 Å². The van der Waals surface area contributed by atoms with Crippen molar-refractivity contribution in [3.05, 3.63) is 103 Å². The van der Waals surface area contributed by atoms with Crippen molar-refractivity contribution in [1.29, 1.82) is 0 Å². The molecule has 8 bridgehead atoms. The minimum Gasteiger partial charge on any atom is -0.507 e. The van der Waals surface area contributed by atoms with E-state index in [0.717, 1.165) is 48.5 Å². The topological polar surface area (TPSA) is 287 Å². The highest BCUT2D eigenvalue weighted by Crippen LogP contribution is 2.41. The van der Waals surface area contributed by atoms with E-state index in [2.05, 4.69) is 0 Å². The second kappa shape index (κ2) is 11.5. The van der Waals surface area contributed by atoms with Crippen LogP contribution < -0.4 is 0 Å². The summed E-state index contributed by atoms with van der Waals surface area (Å²) in [6.45, 7) is 0. The Morgan fingerprint density at radius 2 is 0.638 bits per heavy atom. The van der Waals surface area contributed by atoms with Crippen LogP contribution in [0.5, 0.6) is 23.0 Å².